The molecule has 0 atom stereocenters. The van der Waals surface area contributed by atoms with Gasteiger partial charge in [0.15, 0.2) is 0 Å². The summed E-state index contributed by atoms with van der Waals surface area (Å²) in [5, 5.41) is 0. The molecule has 2 heteroatoms. The number of carbonyl (C=O) groups excluding carboxylic acids is 1. The Balaban J connectivity index is 2.72. The highest BCUT2D eigenvalue weighted by molar-refractivity contribution is 5.92. The lowest BCUT2D eigenvalue weighted by Gasteiger charge is -2.10. The molecule has 1 aliphatic rings. The Labute approximate surface area is 72.9 Å². The number of methoxy groups -OCH3 is 1. The van der Waals surface area contributed by atoms with E-state index in [0.717, 1.165) is 12.8 Å². The highest BCUT2D eigenvalue weighted by atomic mass is 16.5. The van der Waals surface area contributed by atoms with Crippen LogP contribution in [-0.2, 0) is 9.53 Å². The van der Waals surface area contributed by atoms with Crippen molar-refractivity contribution in [2.45, 2.75) is 19.8 Å². The lowest BCUT2D eigenvalue weighted by atomic mass is 9.98. The molecule has 0 unspecified atom stereocenters. The van der Waals surface area contributed by atoms with Gasteiger partial charge in [-0.2, -0.15) is 0 Å². The largest absolute Gasteiger partial charge is 0.465 e. The van der Waals surface area contributed by atoms with Gasteiger partial charge in [0.05, 0.1) is 12.7 Å². The molecule has 65 valence electrons. The summed E-state index contributed by atoms with van der Waals surface area (Å²) in [6.07, 6.45) is 7.66. The van der Waals surface area contributed by atoms with E-state index in [1.165, 1.54) is 12.7 Å². The van der Waals surface area contributed by atoms with E-state index in [2.05, 4.69) is 11.7 Å². The van der Waals surface area contributed by atoms with Crippen molar-refractivity contribution in [2.75, 3.05) is 7.11 Å². The van der Waals surface area contributed by atoms with E-state index in [0.29, 0.717) is 5.57 Å². The van der Waals surface area contributed by atoms with Gasteiger partial charge in [-0.1, -0.05) is 18.6 Å². The average Bonchev–Trinajstić information content (AvgIpc) is 2.17. The van der Waals surface area contributed by atoms with Crippen LogP contribution < -0.4 is 0 Å². The van der Waals surface area contributed by atoms with E-state index in [9.17, 15) is 4.79 Å². The smallest absolute Gasteiger partial charge is 0.337 e. The lowest BCUT2D eigenvalue weighted by Crippen LogP contribution is -2.06. The SMILES string of the molecule is CCC1=CC(C(=O)OC)=C[CH]C1. The Hall–Kier alpha value is -1.05. The van der Waals surface area contributed by atoms with E-state index in [4.69, 9.17) is 0 Å². The van der Waals surface area contributed by atoms with Crippen LogP contribution in [0.1, 0.15) is 19.8 Å². The van der Waals surface area contributed by atoms with Crippen molar-refractivity contribution in [1.29, 1.82) is 0 Å². The minimum Gasteiger partial charge on any atom is -0.465 e. The lowest BCUT2D eigenvalue weighted by molar-refractivity contribution is -0.135. The summed E-state index contributed by atoms with van der Waals surface area (Å²) in [5.41, 5.74) is 1.93. The van der Waals surface area contributed by atoms with Gasteiger partial charge in [0.25, 0.3) is 0 Å². The van der Waals surface area contributed by atoms with Crippen molar-refractivity contribution in [3.05, 3.63) is 29.7 Å². The molecule has 1 radical (unpaired) electrons. The Bertz CT molecular complexity index is 236. The predicted octanol–water partition coefficient (Wildman–Crippen LogP) is 2.03. The molecule has 0 aromatic heterocycles. The molecule has 0 saturated carbocycles. The molecule has 0 bridgehead atoms. The maximum atomic E-state index is 11.1. The first-order valence-corrected chi connectivity index (χ1v) is 4.09. The summed E-state index contributed by atoms with van der Waals surface area (Å²) in [4.78, 5) is 11.1. The fraction of sp³-hybridized carbons (Fsp3) is 0.400. The second-order valence-corrected chi connectivity index (χ2v) is 2.71. The number of ether oxygens (including phenoxy) is 1. The van der Waals surface area contributed by atoms with Gasteiger partial charge < -0.3 is 4.74 Å². The maximum absolute atomic E-state index is 11.1. The molecule has 0 saturated heterocycles. The molecule has 12 heavy (non-hydrogen) atoms. The molecule has 0 aromatic rings. The molecule has 0 aromatic carbocycles. The molecular formula is C10H13O2. The summed E-state index contributed by atoms with van der Waals surface area (Å²) in [6, 6.07) is 0. The van der Waals surface area contributed by atoms with Crippen LogP contribution in [0.4, 0.5) is 0 Å². The zero-order valence-corrected chi connectivity index (χ0v) is 7.46. The van der Waals surface area contributed by atoms with Crippen LogP contribution in [0.5, 0.6) is 0 Å². The Kier molecular flexibility index (Phi) is 3.09. The highest BCUT2D eigenvalue weighted by Gasteiger charge is 2.10. The number of rotatable bonds is 2. The molecule has 0 N–H and O–H groups in total. The fourth-order valence-corrected chi connectivity index (χ4v) is 1.16. The normalized spacial score (nSPS) is 16.5. The highest BCUT2D eigenvalue weighted by Crippen LogP contribution is 2.19. The number of hydrogen-bond donors (Lipinski definition) is 0. The second-order valence-electron chi connectivity index (χ2n) is 2.71. The average molecular weight is 165 g/mol. The zero-order chi connectivity index (χ0) is 8.97. The summed E-state index contributed by atoms with van der Waals surface area (Å²) in [7, 11) is 1.40. The third-order valence-electron chi connectivity index (χ3n) is 1.91. The van der Waals surface area contributed by atoms with Crippen LogP contribution in [-0.4, -0.2) is 13.1 Å². The van der Waals surface area contributed by atoms with E-state index >= 15 is 0 Å². The number of esters is 1. The van der Waals surface area contributed by atoms with Crippen LogP contribution >= 0.6 is 0 Å². The van der Waals surface area contributed by atoms with E-state index in [1.807, 2.05) is 18.6 Å². The molecule has 1 aliphatic carbocycles. The van der Waals surface area contributed by atoms with Gasteiger partial charge in [-0.25, -0.2) is 4.79 Å². The standard InChI is InChI=1S/C10H13O2/c1-3-8-5-4-6-9(7-8)10(11)12-2/h4,6-7H,3,5H2,1-2H3. The van der Waals surface area contributed by atoms with Gasteiger partial charge in [-0.15, -0.1) is 0 Å². The molecule has 0 fully saturated rings. The minimum absolute atomic E-state index is 0.253. The molecule has 0 aliphatic heterocycles. The van der Waals surface area contributed by atoms with E-state index in [1.54, 1.807) is 0 Å². The quantitative estimate of drug-likeness (QED) is 0.585. The molecule has 2 nitrogen and oxygen atoms in total. The van der Waals surface area contributed by atoms with Crippen LogP contribution in [0, 0.1) is 6.42 Å². The first kappa shape index (κ1) is 9.04. The molecule has 0 amide bonds. The third-order valence-corrected chi connectivity index (χ3v) is 1.91. The Morgan fingerprint density at radius 3 is 3.00 bits per heavy atom. The molecule has 0 spiro atoms. The van der Waals surface area contributed by atoms with Crippen molar-refractivity contribution in [3.63, 3.8) is 0 Å². The van der Waals surface area contributed by atoms with Crippen molar-refractivity contribution in [3.8, 4) is 0 Å². The monoisotopic (exact) mass is 165 g/mol. The maximum Gasteiger partial charge on any atom is 0.337 e. The molecule has 1 rings (SSSR count). The topological polar surface area (TPSA) is 26.3 Å². The van der Waals surface area contributed by atoms with Gasteiger partial charge >= 0.3 is 5.97 Å². The van der Waals surface area contributed by atoms with Crippen LogP contribution in [0.15, 0.2) is 23.3 Å². The third kappa shape index (κ3) is 1.97. The second kappa shape index (κ2) is 4.10. The Morgan fingerprint density at radius 1 is 1.67 bits per heavy atom. The van der Waals surface area contributed by atoms with Gasteiger partial charge in [0.1, 0.15) is 0 Å². The van der Waals surface area contributed by atoms with Crippen LogP contribution in [0.25, 0.3) is 0 Å². The number of hydrogen-bond acceptors (Lipinski definition) is 2. The number of allylic oxidation sites excluding steroid dienone is 2. The van der Waals surface area contributed by atoms with Crippen LogP contribution in [0.3, 0.4) is 0 Å². The van der Waals surface area contributed by atoms with Crippen molar-refractivity contribution in [1.82, 2.24) is 0 Å². The summed E-state index contributed by atoms with van der Waals surface area (Å²) in [5.74, 6) is -0.253. The van der Waals surface area contributed by atoms with Crippen molar-refractivity contribution < 1.29 is 9.53 Å². The minimum atomic E-state index is -0.253. The van der Waals surface area contributed by atoms with Crippen LogP contribution in [0.2, 0.25) is 0 Å². The van der Waals surface area contributed by atoms with E-state index in [-0.39, 0.29) is 5.97 Å². The summed E-state index contributed by atoms with van der Waals surface area (Å²) < 4.78 is 4.61. The number of carbonyl (C=O) groups is 1. The van der Waals surface area contributed by atoms with Gasteiger partial charge in [0.2, 0.25) is 0 Å². The van der Waals surface area contributed by atoms with Crippen molar-refractivity contribution >= 4 is 5.97 Å². The Morgan fingerprint density at radius 2 is 2.42 bits per heavy atom. The van der Waals surface area contributed by atoms with Gasteiger partial charge in [-0.05, 0) is 25.3 Å². The summed E-state index contributed by atoms with van der Waals surface area (Å²) in [6.45, 7) is 2.08. The first-order valence-electron chi connectivity index (χ1n) is 4.09. The first-order chi connectivity index (χ1) is 5.77. The predicted molar refractivity (Wildman–Crippen MR) is 47.4 cm³/mol. The molecular weight excluding hydrogens is 152 g/mol. The van der Waals surface area contributed by atoms with Gasteiger partial charge in [-0.3, -0.25) is 0 Å². The summed E-state index contributed by atoms with van der Waals surface area (Å²) >= 11 is 0. The molecule has 0 heterocycles. The van der Waals surface area contributed by atoms with Crippen molar-refractivity contribution in [2.24, 2.45) is 0 Å². The fourth-order valence-electron chi connectivity index (χ4n) is 1.16. The van der Waals surface area contributed by atoms with E-state index < -0.39 is 0 Å². The zero-order valence-electron chi connectivity index (χ0n) is 7.46. The van der Waals surface area contributed by atoms with Gasteiger partial charge in [0, 0.05) is 0 Å².